The second kappa shape index (κ2) is 4.71. The smallest absolute Gasteiger partial charge is 0.347 e. The minimum atomic E-state index is -0.483. The summed E-state index contributed by atoms with van der Waals surface area (Å²) in [6.07, 6.45) is 1.77. The first-order chi connectivity index (χ1) is 11.7. The molecule has 0 aliphatic heterocycles. The minimum absolute atomic E-state index is 0.0139. The Balaban J connectivity index is 2.04. The van der Waals surface area contributed by atoms with E-state index in [2.05, 4.69) is 12.1 Å². The van der Waals surface area contributed by atoms with Crippen LogP contribution < -0.4 is 5.63 Å². The number of rotatable bonds is 0. The fourth-order valence-corrected chi connectivity index (χ4v) is 3.89. The van der Waals surface area contributed by atoms with Gasteiger partial charge in [-0.1, -0.05) is 42.5 Å². The van der Waals surface area contributed by atoms with Crippen molar-refractivity contribution >= 4 is 21.7 Å². The van der Waals surface area contributed by atoms with Gasteiger partial charge >= 0.3 is 5.63 Å². The molecule has 3 nitrogen and oxygen atoms in total. The number of benzene rings is 3. The van der Waals surface area contributed by atoms with Crippen molar-refractivity contribution in [1.29, 1.82) is 0 Å². The van der Waals surface area contributed by atoms with Gasteiger partial charge in [-0.15, -0.1) is 0 Å². The molecule has 0 unspecified atom stereocenters. The van der Waals surface area contributed by atoms with E-state index in [1.165, 1.54) is 5.56 Å². The van der Waals surface area contributed by atoms with E-state index in [0.29, 0.717) is 5.58 Å². The number of phenols is 1. The van der Waals surface area contributed by atoms with E-state index in [1.54, 1.807) is 12.1 Å². The molecule has 0 bridgehead atoms. The zero-order valence-corrected chi connectivity index (χ0v) is 12.9. The van der Waals surface area contributed by atoms with E-state index in [9.17, 15) is 9.90 Å². The summed E-state index contributed by atoms with van der Waals surface area (Å²) in [6, 6.07) is 17.5. The van der Waals surface area contributed by atoms with Crippen LogP contribution in [0.4, 0.5) is 0 Å². The highest BCUT2D eigenvalue weighted by atomic mass is 16.4. The molecule has 3 heteroatoms. The minimum Gasteiger partial charge on any atom is -0.507 e. The third-order valence-electron chi connectivity index (χ3n) is 4.93. The van der Waals surface area contributed by atoms with E-state index in [4.69, 9.17) is 4.42 Å². The Hall–Kier alpha value is -3.07. The Bertz CT molecular complexity index is 1190. The summed E-state index contributed by atoms with van der Waals surface area (Å²) < 4.78 is 5.40. The SMILES string of the molecule is O=c1oc2ccccc2c2c3c(cc(O)c12)-c1ccccc1CC3. The van der Waals surface area contributed by atoms with Gasteiger partial charge in [-0.25, -0.2) is 4.79 Å². The second-order valence-corrected chi connectivity index (χ2v) is 6.21. The number of hydrogen-bond acceptors (Lipinski definition) is 3. The lowest BCUT2D eigenvalue weighted by atomic mass is 9.82. The second-order valence-electron chi connectivity index (χ2n) is 6.21. The molecule has 1 aliphatic rings. The average molecular weight is 314 g/mol. The molecule has 1 N–H and O–H groups in total. The maximum absolute atomic E-state index is 12.4. The molecule has 5 rings (SSSR count). The maximum Gasteiger partial charge on any atom is 0.347 e. The monoisotopic (exact) mass is 314 g/mol. The molecule has 0 saturated carbocycles. The molecular formula is C21H14O3. The fourth-order valence-electron chi connectivity index (χ4n) is 3.89. The highest BCUT2D eigenvalue weighted by molar-refractivity contribution is 6.10. The lowest BCUT2D eigenvalue weighted by Gasteiger charge is -2.22. The number of para-hydroxylation sites is 1. The topological polar surface area (TPSA) is 50.4 Å². The van der Waals surface area contributed by atoms with Crippen LogP contribution in [0.2, 0.25) is 0 Å². The number of aromatic hydroxyl groups is 1. The summed E-state index contributed by atoms with van der Waals surface area (Å²) in [4.78, 5) is 12.4. The summed E-state index contributed by atoms with van der Waals surface area (Å²) in [5.41, 5.74) is 4.61. The van der Waals surface area contributed by atoms with Gasteiger partial charge in [0.25, 0.3) is 0 Å². The van der Waals surface area contributed by atoms with Crippen molar-refractivity contribution in [2.24, 2.45) is 0 Å². The Morgan fingerprint density at radius 2 is 1.67 bits per heavy atom. The third-order valence-corrected chi connectivity index (χ3v) is 4.93. The van der Waals surface area contributed by atoms with Gasteiger partial charge < -0.3 is 9.52 Å². The lowest BCUT2D eigenvalue weighted by molar-refractivity contribution is 0.477. The highest BCUT2D eigenvalue weighted by Crippen LogP contribution is 2.42. The van der Waals surface area contributed by atoms with Gasteiger partial charge in [-0.3, -0.25) is 0 Å². The molecule has 0 radical (unpaired) electrons. The van der Waals surface area contributed by atoms with Crippen LogP contribution in [0.15, 0.2) is 63.8 Å². The molecular weight excluding hydrogens is 300 g/mol. The Kier molecular flexibility index (Phi) is 2.63. The van der Waals surface area contributed by atoms with Crippen molar-refractivity contribution in [2.45, 2.75) is 12.8 Å². The molecule has 0 atom stereocenters. The normalized spacial score (nSPS) is 13.0. The first kappa shape index (κ1) is 13.4. The number of fused-ring (bicyclic) bond motifs is 7. The molecule has 0 saturated heterocycles. The maximum atomic E-state index is 12.4. The van der Waals surface area contributed by atoms with Crippen molar-refractivity contribution in [3.05, 3.63) is 76.1 Å². The van der Waals surface area contributed by atoms with E-state index in [0.717, 1.165) is 40.3 Å². The van der Waals surface area contributed by atoms with Crippen LogP contribution in [-0.4, -0.2) is 5.11 Å². The average Bonchev–Trinajstić information content (AvgIpc) is 2.61. The van der Waals surface area contributed by atoms with Crippen molar-refractivity contribution < 1.29 is 9.52 Å². The van der Waals surface area contributed by atoms with Crippen LogP contribution >= 0.6 is 0 Å². The van der Waals surface area contributed by atoms with E-state index < -0.39 is 5.63 Å². The van der Waals surface area contributed by atoms with Gasteiger partial charge in [0, 0.05) is 10.8 Å². The summed E-state index contributed by atoms with van der Waals surface area (Å²) >= 11 is 0. The number of phenolic OH excluding ortho intramolecular Hbond substituents is 1. The van der Waals surface area contributed by atoms with Crippen LogP contribution in [-0.2, 0) is 12.8 Å². The third kappa shape index (κ3) is 1.69. The first-order valence-corrected chi connectivity index (χ1v) is 8.03. The highest BCUT2D eigenvalue weighted by Gasteiger charge is 2.23. The van der Waals surface area contributed by atoms with Crippen LogP contribution in [0.1, 0.15) is 11.1 Å². The summed E-state index contributed by atoms with van der Waals surface area (Å²) in [6.45, 7) is 0. The fraction of sp³-hybridized carbons (Fsp3) is 0.0952. The predicted octanol–water partition coefficient (Wildman–Crippen LogP) is 4.42. The molecule has 0 fully saturated rings. The van der Waals surface area contributed by atoms with Crippen molar-refractivity contribution in [3.8, 4) is 16.9 Å². The first-order valence-electron chi connectivity index (χ1n) is 8.03. The van der Waals surface area contributed by atoms with Crippen LogP contribution in [0.5, 0.6) is 5.75 Å². The van der Waals surface area contributed by atoms with Gasteiger partial charge in [0.15, 0.2) is 0 Å². The molecule has 24 heavy (non-hydrogen) atoms. The van der Waals surface area contributed by atoms with Crippen LogP contribution in [0, 0.1) is 0 Å². The van der Waals surface area contributed by atoms with Gasteiger partial charge in [0.05, 0.1) is 0 Å². The Morgan fingerprint density at radius 1 is 0.875 bits per heavy atom. The standard InChI is InChI=1S/C21H14O3/c22-17-11-16-13-6-2-1-5-12(13)9-10-14(16)19-15-7-3-4-8-18(15)24-21(23)20(17)19/h1-8,11,22H,9-10H2. The summed E-state index contributed by atoms with van der Waals surface area (Å²) in [5.74, 6) is -0.0139. The van der Waals surface area contributed by atoms with Crippen molar-refractivity contribution in [2.75, 3.05) is 0 Å². The van der Waals surface area contributed by atoms with Crippen molar-refractivity contribution in [1.82, 2.24) is 0 Å². The van der Waals surface area contributed by atoms with E-state index in [-0.39, 0.29) is 11.1 Å². The summed E-state index contributed by atoms with van der Waals surface area (Å²) in [5, 5.41) is 12.5. The zero-order valence-electron chi connectivity index (χ0n) is 12.9. The van der Waals surface area contributed by atoms with Crippen LogP contribution in [0.3, 0.4) is 0 Å². The largest absolute Gasteiger partial charge is 0.507 e. The molecule has 116 valence electrons. The number of hydrogen-bond donors (Lipinski definition) is 1. The molecule has 3 aromatic carbocycles. The van der Waals surface area contributed by atoms with Crippen molar-refractivity contribution in [3.63, 3.8) is 0 Å². The molecule has 0 amide bonds. The van der Waals surface area contributed by atoms with Gasteiger partial charge in [-0.2, -0.15) is 0 Å². The van der Waals surface area contributed by atoms with Gasteiger partial charge in [-0.05, 0) is 47.2 Å². The lowest BCUT2D eigenvalue weighted by Crippen LogP contribution is -2.08. The molecule has 1 aromatic heterocycles. The zero-order chi connectivity index (χ0) is 16.3. The molecule has 1 aliphatic carbocycles. The molecule has 4 aromatic rings. The molecule has 0 spiro atoms. The van der Waals surface area contributed by atoms with Crippen LogP contribution in [0.25, 0.3) is 32.9 Å². The van der Waals surface area contributed by atoms with E-state index in [1.807, 2.05) is 30.3 Å². The van der Waals surface area contributed by atoms with E-state index >= 15 is 0 Å². The Morgan fingerprint density at radius 3 is 2.58 bits per heavy atom. The summed E-state index contributed by atoms with van der Waals surface area (Å²) in [7, 11) is 0. The van der Waals surface area contributed by atoms with Gasteiger partial charge in [0.2, 0.25) is 0 Å². The Labute approximate surface area is 137 Å². The number of aryl methyl sites for hydroxylation is 2. The quantitative estimate of drug-likeness (QED) is 0.386. The predicted molar refractivity (Wildman–Crippen MR) is 94.5 cm³/mol. The molecule has 1 heterocycles. The van der Waals surface area contributed by atoms with Gasteiger partial charge in [0.1, 0.15) is 16.7 Å².